The van der Waals surface area contributed by atoms with E-state index in [1.165, 1.54) is 24.1 Å². The van der Waals surface area contributed by atoms with Gasteiger partial charge in [0.05, 0.1) is 5.56 Å². The number of nitrogens with one attached hydrogen (secondary N) is 2. The largest absolute Gasteiger partial charge is 0.367 e. The summed E-state index contributed by atoms with van der Waals surface area (Å²) in [7, 11) is 0. The zero-order valence-electron chi connectivity index (χ0n) is 14.5. The van der Waals surface area contributed by atoms with Crippen LogP contribution in [0.15, 0.2) is 42.6 Å². The van der Waals surface area contributed by atoms with Gasteiger partial charge >= 0.3 is 0 Å². The lowest BCUT2D eigenvalue weighted by Crippen LogP contribution is -2.37. The Labute approximate surface area is 148 Å². The van der Waals surface area contributed by atoms with Crippen molar-refractivity contribution in [1.29, 1.82) is 0 Å². The number of para-hydroxylation sites is 1. The molecule has 2 aromatic rings. The van der Waals surface area contributed by atoms with E-state index in [2.05, 4.69) is 51.7 Å². The van der Waals surface area contributed by atoms with Crippen LogP contribution >= 0.6 is 0 Å². The number of hydrogen-bond donors (Lipinski definition) is 2. The molecule has 1 aliphatic heterocycles. The molecular weight excluding hydrogens is 312 g/mol. The number of anilines is 2. The number of nitrogens with zero attached hydrogens (tertiary/aromatic N) is 2. The highest BCUT2D eigenvalue weighted by Crippen LogP contribution is 2.31. The lowest BCUT2D eigenvalue weighted by Gasteiger charge is -2.25. The first-order valence-electron chi connectivity index (χ1n) is 9.06. The first kappa shape index (κ1) is 15.9. The van der Waals surface area contributed by atoms with Gasteiger partial charge in [-0.25, -0.2) is 4.98 Å². The van der Waals surface area contributed by atoms with Crippen molar-refractivity contribution < 1.29 is 4.79 Å². The normalized spacial score (nSPS) is 18.8. The standard InChI is InChI=1S/C20H24N4O/c1-14-12-15-4-2-3-5-18(15)24(14)11-10-21-20(25)16-6-9-19(22-13-16)23-17-7-8-17/h2-6,9,13-14,17H,7-8,10-12H2,1H3,(H,21,25)(H,22,23)/t14-/m1/s1. The average Bonchev–Trinajstić information content (AvgIpc) is 3.38. The third-order valence-corrected chi connectivity index (χ3v) is 4.94. The third-order valence-electron chi connectivity index (χ3n) is 4.94. The first-order chi connectivity index (χ1) is 12.2. The minimum absolute atomic E-state index is 0.0643. The molecule has 2 N–H and O–H groups in total. The van der Waals surface area contributed by atoms with Gasteiger partial charge in [0.15, 0.2) is 0 Å². The van der Waals surface area contributed by atoms with Crippen LogP contribution in [0, 0.1) is 0 Å². The Morgan fingerprint density at radius 1 is 1.24 bits per heavy atom. The number of carbonyl (C=O) groups is 1. The molecule has 1 fully saturated rings. The van der Waals surface area contributed by atoms with Crippen LogP contribution in [0.3, 0.4) is 0 Å². The van der Waals surface area contributed by atoms with Crippen molar-refractivity contribution in [3.63, 3.8) is 0 Å². The molecule has 4 rings (SSSR count). The van der Waals surface area contributed by atoms with Crippen LogP contribution < -0.4 is 15.5 Å². The molecule has 130 valence electrons. The average molecular weight is 336 g/mol. The van der Waals surface area contributed by atoms with E-state index in [4.69, 9.17) is 0 Å². The smallest absolute Gasteiger partial charge is 0.252 e. The van der Waals surface area contributed by atoms with Gasteiger partial charge in [-0.15, -0.1) is 0 Å². The second kappa shape index (κ2) is 6.75. The zero-order chi connectivity index (χ0) is 17.2. The van der Waals surface area contributed by atoms with Crippen molar-refractivity contribution in [2.45, 2.75) is 38.3 Å². The molecule has 25 heavy (non-hydrogen) atoms. The van der Waals surface area contributed by atoms with Crippen LogP contribution in [0.5, 0.6) is 0 Å². The number of amides is 1. The van der Waals surface area contributed by atoms with E-state index in [1.807, 2.05) is 12.1 Å². The minimum Gasteiger partial charge on any atom is -0.367 e. The summed E-state index contributed by atoms with van der Waals surface area (Å²) in [6.45, 7) is 3.68. The second-order valence-corrected chi connectivity index (χ2v) is 6.98. The Bertz CT molecular complexity index is 755. The molecule has 1 amide bonds. The Morgan fingerprint density at radius 2 is 2.08 bits per heavy atom. The highest BCUT2D eigenvalue weighted by atomic mass is 16.1. The molecule has 0 saturated heterocycles. The summed E-state index contributed by atoms with van der Waals surface area (Å²) in [4.78, 5) is 19.0. The number of hydrogen-bond acceptors (Lipinski definition) is 4. The SMILES string of the molecule is C[C@@H]1Cc2ccccc2N1CCNC(=O)c1ccc(NC2CC2)nc1. The molecule has 1 aromatic carbocycles. The van der Waals surface area contributed by atoms with Crippen molar-refractivity contribution in [2.24, 2.45) is 0 Å². The summed E-state index contributed by atoms with van der Waals surface area (Å²) < 4.78 is 0. The number of aromatic nitrogens is 1. The van der Waals surface area contributed by atoms with Crippen LogP contribution in [0.4, 0.5) is 11.5 Å². The Morgan fingerprint density at radius 3 is 2.84 bits per heavy atom. The van der Waals surface area contributed by atoms with E-state index in [-0.39, 0.29) is 5.91 Å². The quantitative estimate of drug-likeness (QED) is 0.852. The Kier molecular flexibility index (Phi) is 4.30. The summed E-state index contributed by atoms with van der Waals surface area (Å²) in [5.41, 5.74) is 3.29. The van der Waals surface area contributed by atoms with E-state index >= 15 is 0 Å². The topological polar surface area (TPSA) is 57.3 Å². The van der Waals surface area contributed by atoms with Crippen molar-refractivity contribution in [3.05, 3.63) is 53.7 Å². The van der Waals surface area contributed by atoms with Gasteiger partial charge in [0.25, 0.3) is 5.91 Å². The van der Waals surface area contributed by atoms with E-state index in [1.54, 1.807) is 6.20 Å². The molecule has 5 nitrogen and oxygen atoms in total. The number of fused-ring (bicyclic) bond motifs is 1. The molecule has 0 unspecified atom stereocenters. The van der Waals surface area contributed by atoms with Gasteiger partial charge in [0, 0.05) is 37.1 Å². The van der Waals surface area contributed by atoms with Crippen LogP contribution in [-0.4, -0.2) is 36.1 Å². The van der Waals surface area contributed by atoms with Gasteiger partial charge in [0.1, 0.15) is 5.82 Å². The van der Waals surface area contributed by atoms with Crippen molar-refractivity contribution in [3.8, 4) is 0 Å². The molecule has 5 heteroatoms. The zero-order valence-corrected chi connectivity index (χ0v) is 14.5. The summed E-state index contributed by atoms with van der Waals surface area (Å²) >= 11 is 0. The monoisotopic (exact) mass is 336 g/mol. The third kappa shape index (κ3) is 3.60. The molecule has 1 aromatic heterocycles. The highest BCUT2D eigenvalue weighted by molar-refractivity contribution is 5.94. The molecule has 0 bridgehead atoms. The summed E-state index contributed by atoms with van der Waals surface area (Å²) in [6.07, 6.45) is 5.14. The van der Waals surface area contributed by atoms with E-state index in [0.29, 0.717) is 24.2 Å². The molecular formula is C20H24N4O. The van der Waals surface area contributed by atoms with E-state index < -0.39 is 0 Å². The van der Waals surface area contributed by atoms with E-state index in [0.717, 1.165) is 18.8 Å². The highest BCUT2D eigenvalue weighted by Gasteiger charge is 2.25. The van der Waals surface area contributed by atoms with Gasteiger partial charge < -0.3 is 15.5 Å². The lowest BCUT2D eigenvalue weighted by molar-refractivity contribution is 0.0954. The summed E-state index contributed by atoms with van der Waals surface area (Å²) in [5, 5.41) is 6.34. The maximum Gasteiger partial charge on any atom is 0.252 e. The van der Waals surface area contributed by atoms with Gasteiger partial charge in [-0.05, 0) is 49.9 Å². The Hall–Kier alpha value is -2.56. The molecule has 1 atom stereocenters. The van der Waals surface area contributed by atoms with Gasteiger partial charge in [-0.3, -0.25) is 4.79 Å². The summed E-state index contributed by atoms with van der Waals surface area (Å²) in [6, 6.07) is 13.3. The van der Waals surface area contributed by atoms with Crippen molar-refractivity contribution >= 4 is 17.4 Å². The molecule has 1 saturated carbocycles. The maximum absolute atomic E-state index is 12.3. The second-order valence-electron chi connectivity index (χ2n) is 6.98. The van der Waals surface area contributed by atoms with Crippen molar-refractivity contribution in [2.75, 3.05) is 23.3 Å². The number of rotatable bonds is 6. The molecule has 2 heterocycles. The number of pyridine rings is 1. The number of carbonyl (C=O) groups excluding carboxylic acids is 1. The van der Waals surface area contributed by atoms with Gasteiger partial charge in [-0.2, -0.15) is 0 Å². The predicted molar refractivity (Wildman–Crippen MR) is 100 cm³/mol. The molecule has 0 radical (unpaired) electrons. The predicted octanol–water partition coefficient (Wildman–Crippen LogP) is 2.84. The maximum atomic E-state index is 12.3. The van der Waals surface area contributed by atoms with Crippen LogP contribution in [0.2, 0.25) is 0 Å². The fraction of sp³-hybridized carbons (Fsp3) is 0.400. The van der Waals surface area contributed by atoms with E-state index in [9.17, 15) is 4.79 Å². The fourth-order valence-corrected chi connectivity index (χ4v) is 3.41. The van der Waals surface area contributed by atoms with Gasteiger partial charge in [0.2, 0.25) is 0 Å². The molecule has 1 aliphatic carbocycles. The lowest BCUT2D eigenvalue weighted by atomic mass is 10.1. The van der Waals surface area contributed by atoms with Crippen LogP contribution in [0.1, 0.15) is 35.7 Å². The summed E-state index contributed by atoms with van der Waals surface area (Å²) in [5.74, 6) is 0.784. The minimum atomic E-state index is -0.0643. The Balaban J connectivity index is 1.30. The molecule has 2 aliphatic rings. The fourth-order valence-electron chi connectivity index (χ4n) is 3.41. The number of benzene rings is 1. The van der Waals surface area contributed by atoms with Crippen LogP contribution in [0.25, 0.3) is 0 Å². The molecule has 0 spiro atoms. The van der Waals surface area contributed by atoms with Gasteiger partial charge in [-0.1, -0.05) is 18.2 Å². The van der Waals surface area contributed by atoms with Crippen molar-refractivity contribution in [1.82, 2.24) is 10.3 Å². The first-order valence-corrected chi connectivity index (χ1v) is 9.06. The van der Waals surface area contributed by atoms with Crippen LogP contribution in [-0.2, 0) is 6.42 Å².